The zero-order chi connectivity index (χ0) is 15.2. The molecule has 8 nitrogen and oxygen atoms in total. The Kier molecular flexibility index (Phi) is 5.47. The van der Waals surface area contributed by atoms with Crippen LogP contribution < -0.4 is 9.44 Å². The van der Waals surface area contributed by atoms with Gasteiger partial charge < -0.3 is 9.84 Å². The third-order valence-corrected chi connectivity index (χ3v) is 3.36. The van der Waals surface area contributed by atoms with Crippen LogP contribution in [0.15, 0.2) is 24.3 Å². The maximum absolute atomic E-state index is 11.4. The third-order valence-electron chi connectivity index (χ3n) is 2.34. The number of methoxy groups -OCH3 is 1. The van der Waals surface area contributed by atoms with Crippen LogP contribution in [-0.4, -0.2) is 39.2 Å². The van der Waals surface area contributed by atoms with Crippen LogP contribution in [0.5, 0.6) is 0 Å². The van der Waals surface area contributed by atoms with Crippen molar-refractivity contribution in [3.8, 4) is 0 Å². The molecule has 1 aromatic carbocycles. The van der Waals surface area contributed by atoms with Gasteiger partial charge in [-0.25, -0.2) is 14.3 Å². The number of nitrogens with one attached hydrogen (secondary N) is 2. The van der Waals surface area contributed by atoms with E-state index < -0.39 is 22.3 Å². The maximum atomic E-state index is 11.4. The Bertz CT molecular complexity index is 599. The highest BCUT2D eigenvalue weighted by atomic mass is 32.2. The fourth-order valence-electron chi connectivity index (χ4n) is 1.45. The number of ether oxygens (including phenoxy) is 1. The summed E-state index contributed by atoms with van der Waals surface area (Å²) in [4.78, 5) is 21.7. The number of amides is 1. The normalized spacial score (nSPS) is 10.8. The smallest absolute Gasteiger partial charge is 0.421 e. The van der Waals surface area contributed by atoms with Crippen molar-refractivity contribution in [1.29, 1.82) is 0 Å². The van der Waals surface area contributed by atoms with Gasteiger partial charge in [-0.1, -0.05) is 18.2 Å². The Balaban J connectivity index is 2.61. The topological polar surface area (TPSA) is 122 Å². The molecule has 1 rings (SSSR count). The van der Waals surface area contributed by atoms with Crippen molar-refractivity contribution >= 4 is 22.3 Å². The monoisotopic (exact) mass is 302 g/mol. The van der Waals surface area contributed by atoms with Crippen LogP contribution in [0.1, 0.15) is 15.9 Å². The second-order valence-electron chi connectivity index (χ2n) is 3.70. The minimum Gasteiger partial charge on any atom is -0.478 e. The maximum Gasteiger partial charge on any atom is 0.421 e. The van der Waals surface area contributed by atoms with Crippen molar-refractivity contribution in [2.75, 3.05) is 13.7 Å². The van der Waals surface area contributed by atoms with Crippen molar-refractivity contribution < 1.29 is 27.9 Å². The zero-order valence-corrected chi connectivity index (χ0v) is 11.4. The highest BCUT2D eigenvalue weighted by Crippen LogP contribution is 2.09. The van der Waals surface area contributed by atoms with E-state index in [1.54, 1.807) is 22.9 Å². The molecule has 3 N–H and O–H groups in total. The largest absolute Gasteiger partial charge is 0.478 e. The molecule has 1 aromatic rings. The number of carboxylic acids is 1. The van der Waals surface area contributed by atoms with Crippen molar-refractivity contribution in [3.63, 3.8) is 0 Å². The average molecular weight is 302 g/mol. The standard InChI is InChI=1S/C11H14N2O6S/c1-19-11(16)13-20(17,18)12-7-6-8-4-2-3-5-9(8)10(14)15/h2-5,12H,6-7H2,1H3,(H,13,16)(H,14,15). The number of benzene rings is 1. The van der Waals surface area contributed by atoms with Gasteiger partial charge in [0.05, 0.1) is 12.7 Å². The minimum atomic E-state index is -4.02. The van der Waals surface area contributed by atoms with Crippen LogP contribution >= 0.6 is 0 Å². The highest BCUT2D eigenvalue weighted by molar-refractivity contribution is 7.88. The summed E-state index contributed by atoms with van der Waals surface area (Å²) in [5.74, 6) is -1.09. The lowest BCUT2D eigenvalue weighted by atomic mass is 10.1. The van der Waals surface area contributed by atoms with Gasteiger partial charge in [-0.2, -0.15) is 13.1 Å². The summed E-state index contributed by atoms with van der Waals surface area (Å²) in [6.45, 7) is -0.0589. The van der Waals surface area contributed by atoms with Crippen LogP contribution in [0.3, 0.4) is 0 Å². The van der Waals surface area contributed by atoms with Crippen LogP contribution in [0, 0.1) is 0 Å². The first-order chi connectivity index (χ1) is 9.35. The molecule has 1 amide bonds. The van der Waals surface area contributed by atoms with Crippen LogP contribution in [0.2, 0.25) is 0 Å². The Labute approximate surface area is 115 Å². The molecule has 0 aliphatic heterocycles. The van der Waals surface area contributed by atoms with Crippen LogP contribution in [-0.2, 0) is 21.4 Å². The third kappa shape index (κ3) is 4.86. The number of hydrogen-bond donors (Lipinski definition) is 3. The fourth-order valence-corrected chi connectivity index (χ4v) is 2.20. The van der Waals surface area contributed by atoms with Crippen molar-refractivity contribution in [3.05, 3.63) is 35.4 Å². The first kappa shape index (κ1) is 15.9. The SMILES string of the molecule is COC(=O)NS(=O)(=O)NCCc1ccccc1C(=O)O. The van der Waals surface area contributed by atoms with Gasteiger partial charge in [-0.3, -0.25) is 0 Å². The molecule has 0 aliphatic carbocycles. The number of carboxylic acid groups (broad SMARTS) is 1. The van der Waals surface area contributed by atoms with E-state index in [9.17, 15) is 18.0 Å². The number of hydrogen-bond acceptors (Lipinski definition) is 5. The lowest BCUT2D eigenvalue weighted by Gasteiger charge is -2.08. The number of carbonyl (C=O) groups excluding carboxylic acids is 1. The Hall–Kier alpha value is -2.13. The van der Waals surface area contributed by atoms with E-state index in [1.165, 1.54) is 6.07 Å². The van der Waals surface area contributed by atoms with E-state index in [1.807, 2.05) is 0 Å². The predicted octanol–water partition coefficient (Wildman–Crippen LogP) is 0.118. The molecule has 9 heteroatoms. The number of rotatable bonds is 6. The molecule has 0 unspecified atom stereocenters. The molecule has 110 valence electrons. The lowest BCUT2D eigenvalue weighted by Crippen LogP contribution is -2.41. The predicted molar refractivity (Wildman–Crippen MR) is 69.6 cm³/mol. The van der Waals surface area contributed by atoms with Crippen LogP contribution in [0.25, 0.3) is 0 Å². The summed E-state index contributed by atoms with van der Waals surface area (Å²) < 4.78 is 30.6. The molecular formula is C11H14N2O6S. The second-order valence-corrected chi connectivity index (χ2v) is 5.20. The highest BCUT2D eigenvalue weighted by Gasteiger charge is 2.14. The van der Waals surface area contributed by atoms with Gasteiger partial charge in [0.1, 0.15) is 0 Å². The molecular weight excluding hydrogens is 288 g/mol. The summed E-state index contributed by atoms with van der Waals surface area (Å²) in [5.41, 5.74) is 0.591. The molecule has 0 saturated carbocycles. The second kappa shape index (κ2) is 6.87. The van der Waals surface area contributed by atoms with E-state index in [0.717, 1.165) is 7.11 Å². The molecule has 0 saturated heterocycles. The molecule has 0 heterocycles. The lowest BCUT2D eigenvalue weighted by molar-refractivity contribution is 0.0695. The van der Waals surface area contributed by atoms with Crippen molar-refractivity contribution in [2.45, 2.75) is 6.42 Å². The van der Waals surface area contributed by atoms with Gasteiger partial charge >= 0.3 is 22.3 Å². The van der Waals surface area contributed by atoms with Gasteiger partial charge in [0, 0.05) is 6.54 Å². The van der Waals surface area contributed by atoms with E-state index in [4.69, 9.17) is 5.11 Å². The Morgan fingerprint density at radius 3 is 2.55 bits per heavy atom. The number of carbonyl (C=O) groups is 2. The summed E-state index contributed by atoms with van der Waals surface area (Å²) in [7, 11) is -2.98. The summed E-state index contributed by atoms with van der Waals surface area (Å²) in [6, 6.07) is 6.25. The molecule has 0 aromatic heterocycles. The summed E-state index contributed by atoms with van der Waals surface area (Å²) in [6.07, 6.45) is -0.937. The van der Waals surface area contributed by atoms with Gasteiger partial charge in [0.25, 0.3) is 0 Å². The van der Waals surface area contributed by atoms with E-state index in [0.29, 0.717) is 5.56 Å². The van der Waals surface area contributed by atoms with Gasteiger partial charge in [-0.05, 0) is 18.1 Å². The molecule has 0 bridgehead atoms. The van der Waals surface area contributed by atoms with Gasteiger partial charge in [0.2, 0.25) is 0 Å². The van der Waals surface area contributed by atoms with E-state index in [2.05, 4.69) is 9.46 Å². The fraction of sp³-hybridized carbons (Fsp3) is 0.273. The van der Waals surface area contributed by atoms with Crippen LogP contribution in [0.4, 0.5) is 4.79 Å². The van der Waals surface area contributed by atoms with Crippen molar-refractivity contribution in [1.82, 2.24) is 9.44 Å². The first-order valence-electron chi connectivity index (χ1n) is 5.52. The zero-order valence-electron chi connectivity index (χ0n) is 10.6. The van der Waals surface area contributed by atoms with Gasteiger partial charge in [-0.15, -0.1) is 0 Å². The molecule has 0 atom stereocenters. The molecule has 0 spiro atoms. The quantitative estimate of drug-likeness (QED) is 0.686. The average Bonchev–Trinajstić information content (AvgIpc) is 2.38. The minimum absolute atomic E-state index is 0.0589. The van der Waals surface area contributed by atoms with Crippen molar-refractivity contribution in [2.24, 2.45) is 0 Å². The molecule has 0 aliphatic rings. The van der Waals surface area contributed by atoms with E-state index >= 15 is 0 Å². The molecule has 0 radical (unpaired) electrons. The molecule has 20 heavy (non-hydrogen) atoms. The number of aromatic carboxylic acids is 1. The van der Waals surface area contributed by atoms with Gasteiger partial charge in [0.15, 0.2) is 0 Å². The van der Waals surface area contributed by atoms with E-state index in [-0.39, 0.29) is 18.5 Å². The first-order valence-corrected chi connectivity index (χ1v) is 7.00. The molecule has 0 fully saturated rings. The summed E-state index contributed by atoms with van der Waals surface area (Å²) in [5, 5.41) is 8.96. The Morgan fingerprint density at radius 1 is 1.30 bits per heavy atom. The summed E-state index contributed by atoms with van der Waals surface area (Å²) >= 11 is 0. The Morgan fingerprint density at radius 2 is 1.95 bits per heavy atom.